The van der Waals surface area contributed by atoms with Crippen LogP contribution in [0.1, 0.15) is 28.8 Å². The lowest BCUT2D eigenvalue weighted by Crippen LogP contribution is -2.44. The third kappa shape index (κ3) is 4.26. The predicted octanol–water partition coefficient (Wildman–Crippen LogP) is 2.14. The van der Waals surface area contributed by atoms with Gasteiger partial charge in [0.15, 0.2) is 11.5 Å². The summed E-state index contributed by atoms with van der Waals surface area (Å²) in [5.41, 5.74) is 1.21. The fourth-order valence-corrected chi connectivity index (χ4v) is 4.80. The molecule has 1 N–H and O–H groups in total. The Kier molecular flexibility index (Phi) is 5.92. The summed E-state index contributed by atoms with van der Waals surface area (Å²) in [4.78, 5) is 12.9. The molecule has 4 rings (SSSR count). The van der Waals surface area contributed by atoms with Gasteiger partial charge < -0.3 is 19.5 Å². The van der Waals surface area contributed by atoms with Crippen molar-refractivity contribution in [1.82, 2.24) is 9.62 Å². The average molecular weight is 447 g/mol. The maximum atomic E-state index is 12.8. The van der Waals surface area contributed by atoms with Crippen LogP contribution in [0.5, 0.6) is 11.5 Å². The lowest BCUT2D eigenvalue weighted by molar-refractivity contribution is 0.0486. The zero-order chi connectivity index (χ0) is 22.1. The molecule has 9 heteroatoms. The van der Waals surface area contributed by atoms with Crippen LogP contribution in [0.3, 0.4) is 0 Å². The Morgan fingerprint density at radius 1 is 1.03 bits per heavy atom. The van der Waals surface area contributed by atoms with Crippen molar-refractivity contribution in [2.75, 3.05) is 40.6 Å². The largest absolute Gasteiger partial charge is 0.454 e. The number of sulfonamides is 1. The first kappa shape index (κ1) is 21.6. The van der Waals surface area contributed by atoms with Gasteiger partial charge in [-0.2, -0.15) is 0 Å². The molecular weight excluding hydrogens is 420 g/mol. The van der Waals surface area contributed by atoms with Crippen molar-refractivity contribution in [3.05, 3.63) is 53.6 Å². The number of carbonyl (C=O) groups excluding carboxylic acids is 1. The van der Waals surface area contributed by atoms with Crippen molar-refractivity contribution in [3.63, 3.8) is 0 Å². The van der Waals surface area contributed by atoms with Gasteiger partial charge in [0, 0.05) is 44.8 Å². The van der Waals surface area contributed by atoms with Crippen LogP contribution in [0.4, 0.5) is 0 Å². The molecule has 0 aliphatic carbocycles. The molecule has 0 unspecified atom stereocenters. The maximum Gasteiger partial charge on any atom is 0.251 e. The first-order chi connectivity index (χ1) is 14.8. The minimum atomic E-state index is -3.53. The highest BCUT2D eigenvalue weighted by atomic mass is 32.2. The summed E-state index contributed by atoms with van der Waals surface area (Å²) in [6.45, 7) is 1.88. The van der Waals surface area contributed by atoms with Crippen molar-refractivity contribution < 1.29 is 27.4 Å². The molecule has 0 atom stereocenters. The van der Waals surface area contributed by atoms with Crippen molar-refractivity contribution >= 4 is 15.9 Å². The predicted molar refractivity (Wildman–Crippen MR) is 114 cm³/mol. The summed E-state index contributed by atoms with van der Waals surface area (Å²) in [5, 5.41) is 3.03. The van der Waals surface area contributed by atoms with Gasteiger partial charge in [0.1, 0.15) is 0 Å². The molecule has 1 amide bonds. The molecule has 2 aromatic rings. The molecule has 8 nitrogen and oxygen atoms in total. The zero-order valence-electron chi connectivity index (χ0n) is 17.6. The van der Waals surface area contributed by atoms with E-state index < -0.39 is 10.0 Å². The Morgan fingerprint density at radius 2 is 1.71 bits per heavy atom. The van der Waals surface area contributed by atoms with Crippen molar-refractivity contribution in [1.29, 1.82) is 0 Å². The Morgan fingerprint density at radius 3 is 2.39 bits per heavy atom. The van der Waals surface area contributed by atoms with Crippen molar-refractivity contribution in [3.8, 4) is 11.5 Å². The van der Waals surface area contributed by atoms with Crippen LogP contribution in [0.15, 0.2) is 47.4 Å². The molecule has 0 bridgehead atoms. The van der Waals surface area contributed by atoms with Gasteiger partial charge in [0.25, 0.3) is 5.91 Å². The zero-order valence-corrected chi connectivity index (χ0v) is 18.4. The van der Waals surface area contributed by atoms with E-state index in [0.717, 1.165) is 28.5 Å². The van der Waals surface area contributed by atoms with E-state index in [0.29, 0.717) is 31.1 Å². The number of carbonyl (C=O) groups is 1. The van der Waals surface area contributed by atoms with Gasteiger partial charge >= 0.3 is 0 Å². The molecule has 2 aliphatic rings. The molecule has 1 saturated heterocycles. The third-order valence-corrected chi connectivity index (χ3v) is 7.75. The van der Waals surface area contributed by atoms with Crippen LogP contribution in [0, 0.1) is 0 Å². The molecule has 0 aromatic heterocycles. The van der Waals surface area contributed by atoms with E-state index in [-0.39, 0.29) is 23.0 Å². The number of amides is 1. The van der Waals surface area contributed by atoms with E-state index in [2.05, 4.69) is 5.32 Å². The standard InChI is InChI=1S/C22H26N2O6S/c1-24(2)31(26,27)18-6-3-16(4-7-18)21(25)23-14-22(9-11-28-12-10-22)17-5-8-19-20(13-17)30-15-29-19/h3-8,13H,9-12,14-15H2,1-2H3,(H,23,25). The van der Waals surface area contributed by atoms with Crippen LogP contribution >= 0.6 is 0 Å². The summed E-state index contributed by atoms with van der Waals surface area (Å²) in [6, 6.07) is 11.9. The van der Waals surface area contributed by atoms with E-state index in [4.69, 9.17) is 14.2 Å². The maximum absolute atomic E-state index is 12.8. The average Bonchev–Trinajstić information content (AvgIpc) is 3.26. The fraction of sp³-hybridized carbons (Fsp3) is 0.409. The Labute approximate surface area is 182 Å². The van der Waals surface area contributed by atoms with Crippen molar-refractivity contribution in [2.45, 2.75) is 23.2 Å². The summed E-state index contributed by atoms with van der Waals surface area (Å²) in [6.07, 6.45) is 1.54. The summed E-state index contributed by atoms with van der Waals surface area (Å²) < 4.78 is 42.1. The highest BCUT2D eigenvalue weighted by Crippen LogP contribution is 2.40. The molecule has 0 saturated carbocycles. The normalized spacial score (nSPS) is 17.5. The van der Waals surface area contributed by atoms with Gasteiger partial charge in [-0.05, 0) is 54.8 Å². The minimum absolute atomic E-state index is 0.148. The Balaban J connectivity index is 1.51. The topological polar surface area (TPSA) is 94.2 Å². The molecular formula is C22H26N2O6S. The van der Waals surface area contributed by atoms with Crippen LogP contribution < -0.4 is 14.8 Å². The number of hydrogen-bond acceptors (Lipinski definition) is 6. The van der Waals surface area contributed by atoms with Gasteiger partial charge in [0.2, 0.25) is 16.8 Å². The second-order valence-electron chi connectivity index (χ2n) is 7.96. The number of benzene rings is 2. The lowest BCUT2D eigenvalue weighted by atomic mass is 9.74. The van der Waals surface area contributed by atoms with Crippen LogP contribution in [-0.4, -0.2) is 59.3 Å². The van der Waals surface area contributed by atoms with Crippen LogP contribution in [-0.2, 0) is 20.2 Å². The van der Waals surface area contributed by atoms with Gasteiger partial charge in [-0.15, -0.1) is 0 Å². The van der Waals surface area contributed by atoms with E-state index in [1.165, 1.54) is 38.4 Å². The van der Waals surface area contributed by atoms with Gasteiger partial charge in [0.05, 0.1) is 4.90 Å². The van der Waals surface area contributed by atoms with E-state index >= 15 is 0 Å². The van der Waals surface area contributed by atoms with Gasteiger partial charge in [-0.25, -0.2) is 12.7 Å². The second kappa shape index (κ2) is 8.49. The van der Waals surface area contributed by atoms with Crippen molar-refractivity contribution in [2.24, 2.45) is 0 Å². The Hall–Kier alpha value is -2.62. The minimum Gasteiger partial charge on any atom is -0.454 e. The summed E-state index contributed by atoms with van der Waals surface area (Å²) in [5.74, 6) is 1.19. The quantitative estimate of drug-likeness (QED) is 0.731. The van der Waals surface area contributed by atoms with Crippen LogP contribution in [0.25, 0.3) is 0 Å². The highest BCUT2D eigenvalue weighted by Gasteiger charge is 2.36. The van der Waals surface area contributed by atoms with E-state index in [1.54, 1.807) is 0 Å². The number of nitrogens with one attached hydrogen (secondary N) is 1. The first-order valence-corrected chi connectivity index (χ1v) is 11.5. The third-order valence-electron chi connectivity index (χ3n) is 5.92. The second-order valence-corrected chi connectivity index (χ2v) is 10.1. The molecule has 2 aromatic carbocycles. The number of nitrogens with zero attached hydrogens (tertiary/aromatic N) is 1. The molecule has 2 aliphatic heterocycles. The number of fused-ring (bicyclic) bond motifs is 1. The molecule has 2 heterocycles. The highest BCUT2D eigenvalue weighted by molar-refractivity contribution is 7.89. The first-order valence-electron chi connectivity index (χ1n) is 10.1. The SMILES string of the molecule is CN(C)S(=O)(=O)c1ccc(C(=O)NCC2(c3ccc4c(c3)OCO4)CCOCC2)cc1. The molecule has 1 fully saturated rings. The smallest absolute Gasteiger partial charge is 0.251 e. The molecule has 166 valence electrons. The van der Waals surface area contributed by atoms with Gasteiger partial charge in [-0.1, -0.05) is 6.07 Å². The molecule has 0 radical (unpaired) electrons. The molecule has 0 spiro atoms. The monoisotopic (exact) mass is 446 g/mol. The van der Waals surface area contributed by atoms with Crippen LogP contribution in [0.2, 0.25) is 0 Å². The number of ether oxygens (including phenoxy) is 3. The summed E-state index contributed by atoms with van der Waals surface area (Å²) >= 11 is 0. The Bertz CT molecular complexity index is 1060. The fourth-order valence-electron chi connectivity index (χ4n) is 3.90. The lowest BCUT2D eigenvalue weighted by Gasteiger charge is -2.38. The van der Waals surface area contributed by atoms with E-state index in [9.17, 15) is 13.2 Å². The summed E-state index contributed by atoms with van der Waals surface area (Å²) in [7, 11) is -0.591. The number of rotatable bonds is 6. The van der Waals surface area contributed by atoms with Gasteiger partial charge in [-0.3, -0.25) is 4.79 Å². The van der Waals surface area contributed by atoms with E-state index in [1.807, 2.05) is 18.2 Å². The molecule has 31 heavy (non-hydrogen) atoms. The number of hydrogen-bond donors (Lipinski definition) is 1.